The Morgan fingerprint density at radius 1 is 1.19 bits per heavy atom. The highest BCUT2D eigenvalue weighted by molar-refractivity contribution is 7.97. The maximum atomic E-state index is 13.4. The molecule has 5 nitrogen and oxygen atoms in total. The molecule has 2 aromatic rings. The number of alkyl halides is 3. The van der Waals surface area contributed by atoms with Gasteiger partial charge in [0.2, 0.25) is 0 Å². The first-order valence-corrected chi connectivity index (χ1v) is 11.5. The van der Waals surface area contributed by atoms with Crippen LogP contribution in [-0.4, -0.2) is 50.2 Å². The van der Waals surface area contributed by atoms with E-state index in [1.807, 2.05) is 0 Å². The van der Waals surface area contributed by atoms with E-state index in [9.17, 15) is 18.0 Å². The van der Waals surface area contributed by atoms with E-state index < -0.39 is 11.7 Å². The van der Waals surface area contributed by atoms with Gasteiger partial charge in [-0.2, -0.15) is 18.3 Å². The Morgan fingerprint density at radius 3 is 2.58 bits per heavy atom. The van der Waals surface area contributed by atoms with Crippen LogP contribution >= 0.6 is 11.9 Å². The summed E-state index contributed by atoms with van der Waals surface area (Å²) in [5, 5.41) is 7.79. The summed E-state index contributed by atoms with van der Waals surface area (Å²) in [7, 11) is 0. The first-order valence-electron chi connectivity index (χ1n) is 10.7. The van der Waals surface area contributed by atoms with Gasteiger partial charge in [-0.25, -0.2) is 4.31 Å². The lowest BCUT2D eigenvalue weighted by atomic mass is 9.86. The van der Waals surface area contributed by atoms with Crippen LogP contribution in [0.4, 0.5) is 13.2 Å². The number of benzene rings is 1. The van der Waals surface area contributed by atoms with Gasteiger partial charge in [0.1, 0.15) is 0 Å². The number of rotatable bonds is 4. The van der Waals surface area contributed by atoms with Gasteiger partial charge in [0.25, 0.3) is 5.91 Å². The molecule has 168 valence electrons. The molecule has 31 heavy (non-hydrogen) atoms. The minimum atomic E-state index is -4.36. The van der Waals surface area contributed by atoms with Crippen LogP contribution in [0.3, 0.4) is 0 Å². The number of halogens is 3. The van der Waals surface area contributed by atoms with E-state index in [-0.39, 0.29) is 11.8 Å². The molecular formula is C22H27F3N4OS. The third-order valence-corrected chi connectivity index (χ3v) is 6.98. The largest absolute Gasteiger partial charge is 0.416 e. The number of hydrogen-bond acceptors (Lipinski definition) is 4. The molecule has 1 fully saturated rings. The Kier molecular flexibility index (Phi) is 6.35. The van der Waals surface area contributed by atoms with Crippen molar-refractivity contribution in [3.63, 3.8) is 0 Å². The zero-order valence-corrected chi connectivity index (χ0v) is 18.5. The molecule has 0 saturated carbocycles. The predicted molar refractivity (Wildman–Crippen MR) is 115 cm³/mol. The Labute approximate surface area is 184 Å². The summed E-state index contributed by atoms with van der Waals surface area (Å²) in [6.07, 6.45) is -2.51. The molecule has 0 radical (unpaired) electrons. The number of H-pyrrole nitrogens is 1. The van der Waals surface area contributed by atoms with Gasteiger partial charge in [-0.1, -0.05) is 44.0 Å². The molecule has 1 aromatic carbocycles. The van der Waals surface area contributed by atoms with E-state index in [0.717, 1.165) is 30.3 Å². The Morgan fingerprint density at radius 2 is 1.90 bits per heavy atom. The van der Waals surface area contributed by atoms with Gasteiger partial charge in [-0.05, 0) is 30.4 Å². The summed E-state index contributed by atoms with van der Waals surface area (Å²) in [5.41, 5.74) is 2.19. The predicted octanol–water partition coefficient (Wildman–Crippen LogP) is 4.86. The average molecular weight is 453 g/mol. The fourth-order valence-electron chi connectivity index (χ4n) is 4.49. The Balaban J connectivity index is 1.44. The molecule has 0 unspecified atom stereocenters. The molecule has 3 heterocycles. The molecular weight excluding hydrogens is 425 g/mol. The van der Waals surface area contributed by atoms with Crippen molar-refractivity contribution in [2.75, 3.05) is 19.6 Å². The topological polar surface area (TPSA) is 52.2 Å². The van der Waals surface area contributed by atoms with Gasteiger partial charge in [-0.3, -0.25) is 9.89 Å². The number of aromatic amines is 1. The summed E-state index contributed by atoms with van der Waals surface area (Å²) < 4.78 is 42.4. The second kappa shape index (κ2) is 8.86. The van der Waals surface area contributed by atoms with Crippen molar-refractivity contribution < 1.29 is 18.0 Å². The third-order valence-electron chi connectivity index (χ3n) is 5.95. The minimum absolute atomic E-state index is 0.128. The van der Waals surface area contributed by atoms with Gasteiger partial charge >= 0.3 is 6.18 Å². The van der Waals surface area contributed by atoms with Gasteiger partial charge < -0.3 is 4.90 Å². The lowest BCUT2D eigenvalue weighted by molar-refractivity contribution is -0.138. The number of amides is 1. The summed E-state index contributed by atoms with van der Waals surface area (Å²) in [6.45, 7) is 6.73. The third kappa shape index (κ3) is 4.77. The maximum Gasteiger partial charge on any atom is 0.416 e. The first kappa shape index (κ1) is 22.2. The highest BCUT2D eigenvalue weighted by atomic mass is 32.2. The number of carbonyl (C=O) groups is 1. The summed E-state index contributed by atoms with van der Waals surface area (Å²) in [4.78, 5) is 14.9. The van der Waals surface area contributed by atoms with Crippen molar-refractivity contribution in [3.05, 3.63) is 52.3 Å². The number of fused-ring (bicyclic) bond motifs is 1. The number of hydrogen-bond donors (Lipinski definition) is 1. The molecule has 0 bridgehead atoms. The molecule has 2 aliphatic rings. The SMILES string of the molecule is CC(C)SN1CCc2[nH]nc(C(=O)N3CCC(c4ccccc4C(F)(F)F)CC3)c2C1. The van der Waals surface area contributed by atoms with Crippen LogP contribution in [0.25, 0.3) is 0 Å². The molecule has 1 saturated heterocycles. The number of nitrogens with zero attached hydrogens (tertiary/aromatic N) is 3. The second-order valence-corrected chi connectivity index (χ2v) is 10.1. The van der Waals surface area contributed by atoms with Crippen molar-refractivity contribution in [3.8, 4) is 0 Å². The monoisotopic (exact) mass is 452 g/mol. The lowest BCUT2D eigenvalue weighted by Gasteiger charge is -2.33. The van der Waals surface area contributed by atoms with E-state index in [0.29, 0.717) is 49.0 Å². The Hall–Kier alpha value is -2.00. The van der Waals surface area contributed by atoms with Crippen molar-refractivity contribution in [1.82, 2.24) is 19.4 Å². The van der Waals surface area contributed by atoms with Crippen LogP contribution in [0.5, 0.6) is 0 Å². The van der Waals surface area contributed by atoms with Crippen LogP contribution in [0.1, 0.15) is 65.5 Å². The minimum Gasteiger partial charge on any atom is -0.337 e. The quantitative estimate of drug-likeness (QED) is 0.673. The fraction of sp³-hybridized carbons (Fsp3) is 0.545. The summed E-state index contributed by atoms with van der Waals surface area (Å²) >= 11 is 1.77. The van der Waals surface area contributed by atoms with Crippen molar-refractivity contribution in [2.24, 2.45) is 0 Å². The van der Waals surface area contributed by atoms with Gasteiger partial charge in [0.05, 0.1) is 5.56 Å². The van der Waals surface area contributed by atoms with Gasteiger partial charge in [0.15, 0.2) is 5.69 Å². The standard InChI is InChI=1S/C22H27F3N4OS/c1-14(2)31-29-12-9-19-17(13-29)20(27-26-19)21(30)28-10-7-15(8-11-28)16-5-3-4-6-18(16)22(23,24)25/h3-6,14-15H,7-13H2,1-2H3,(H,26,27). The number of aromatic nitrogens is 2. The molecule has 9 heteroatoms. The fourth-order valence-corrected chi connectivity index (χ4v) is 5.49. The molecule has 0 atom stereocenters. The molecule has 1 amide bonds. The number of likely N-dealkylation sites (tertiary alicyclic amines) is 1. The smallest absolute Gasteiger partial charge is 0.337 e. The normalized spacial score (nSPS) is 18.5. The highest BCUT2D eigenvalue weighted by Gasteiger charge is 2.37. The maximum absolute atomic E-state index is 13.4. The van der Waals surface area contributed by atoms with Crippen molar-refractivity contribution in [1.29, 1.82) is 0 Å². The molecule has 0 spiro atoms. The van der Waals surface area contributed by atoms with Crippen LogP contribution in [0.2, 0.25) is 0 Å². The first-order chi connectivity index (χ1) is 14.7. The lowest BCUT2D eigenvalue weighted by Crippen LogP contribution is -2.39. The van der Waals surface area contributed by atoms with Crippen LogP contribution in [-0.2, 0) is 19.1 Å². The molecule has 1 aromatic heterocycles. The number of piperidine rings is 1. The second-order valence-electron chi connectivity index (χ2n) is 8.45. The van der Waals surface area contributed by atoms with E-state index in [2.05, 4.69) is 28.4 Å². The average Bonchev–Trinajstić information content (AvgIpc) is 3.15. The van der Waals surface area contributed by atoms with Crippen LogP contribution in [0.15, 0.2) is 24.3 Å². The van der Waals surface area contributed by atoms with Crippen molar-refractivity contribution in [2.45, 2.75) is 57.0 Å². The van der Waals surface area contributed by atoms with E-state index in [1.165, 1.54) is 6.07 Å². The number of carbonyl (C=O) groups excluding carboxylic acids is 1. The van der Waals surface area contributed by atoms with Crippen molar-refractivity contribution >= 4 is 17.9 Å². The van der Waals surface area contributed by atoms with E-state index in [4.69, 9.17) is 0 Å². The van der Waals surface area contributed by atoms with Crippen LogP contribution < -0.4 is 0 Å². The van der Waals surface area contributed by atoms with Gasteiger partial charge in [0, 0.05) is 49.1 Å². The summed E-state index contributed by atoms with van der Waals surface area (Å²) in [6, 6.07) is 5.78. The zero-order valence-electron chi connectivity index (χ0n) is 17.7. The molecule has 1 N–H and O–H groups in total. The molecule has 2 aliphatic heterocycles. The van der Waals surface area contributed by atoms with E-state index in [1.54, 1.807) is 29.0 Å². The Bertz CT molecular complexity index is 935. The molecule has 4 rings (SSSR count). The number of nitrogens with one attached hydrogen (secondary N) is 1. The van der Waals surface area contributed by atoms with Crippen LogP contribution in [0, 0.1) is 0 Å². The zero-order chi connectivity index (χ0) is 22.2. The summed E-state index contributed by atoms with van der Waals surface area (Å²) in [5.74, 6) is -0.329. The van der Waals surface area contributed by atoms with Gasteiger partial charge in [-0.15, -0.1) is 0 Å². The highest BCUT2D eigenvalue weighted by Crippen LogP contribution is 2.39. The molecule has 0 aliphatic carbocycles. The van der Waals surface area contributed by atoms with E-state index >= 15 is 0 Å².